The van der Waals surface area contributed by atoms with Gasteiger partial charge in [0.05, 0.1) is 0 Å². The van der Waals surface area contributed by atoms with Crippen molar-refractivity contribution in [2.45, 2.75) is 32.7 Å². The highest BCUT2D eigenvalue weighted by Gasteiger charge is 2.52. The number of amides is 1. The molecule has 3 rings (SSSR count). The highest BCUT2D eigenvalue weighted by molar-refractivity contribution is 5.85. The van der Waals surface area contributed by atoms with E-state index in [9.17, 15) is 4.79 Å². The van der Waals surface area contributed by atoms with Crippen molar-refractivity contribution in [2.24, 2.45) is 11.3 Å². The molecule has 0 aromatic heterocycles. The second-order valence-electron chi connectivity index (χ2n) is 6.75. The number of rotatable bonds is 2. The largest absolute Gasteiger partial charge is 0.340 e. The first-order valence-electron chi connectivity index (χ1n) is 7.31. The van der Waals surface area contributed by atoms with Gasteiger partial charge in [-0.15, -0.1) is 12.4 Å². The van der Waals surface area contributed by atoms with Gasteiger partial charge in [0, 0.05) is 44.7 Å². The van der Waals surface area contributed by atoms with Crippen LogP contribution in [0.3, 0.4) is 0 Å². The van der Waals surface area contributed by atoms with Crippen molar-refractivity contribution in [1.82, 2.24) is 15.1 Å². The molecule has 1 saturated carbocycles. The number of carbonyl (C=O) groups excluding carboxylic acids is 1. The number of hydrogen-bond acceptors (Lipinski definition) is 3. The number of halogens is 1. The molecule has 0 radical (unpaired) electrons. The van der Waals surface area contributed by atoms with Crippen LogP contribution < -0.4 is 5.32 Å². The summed E-state index contributed by atoms with van der Waals surface area (Å²) >= 11 is 0. The minimum absolute atomic E-state index is 0. The predicted molar refractivity (Wildman–Crippen MR) is 78.6 cm³/mol. The van der Waals surface area contributed by atoms with Gasteiger partial charge in [-0.05, 0) is 24.8 Å². The Balaban J connectivity index is 0.00000133. The summed E-state index contributed by atoms with van der Waals surface area (Å²) in [5, 5.41) is 3.42. The Morgan fingerprint density at radius 1 is 1.21 bits per heavy atom. The van der Waals surface area contributed by atoms with E-state index in [1.54, 1.807) is 0 Å². The zero-order chi connectivity index (χ0) is 12.8. The Morgan fingerprint density at radius 3 is 2.32 bits per heavy atom. The standard InChI is InChI=1S/C14H25N3O.ClH/c1-14(2)9-12(14)13(18)17-7-5-16(6-8-17)11-3-4-15-10-11;/h11-12,15H,3-10H2,1-2H3;1H. The fourth-order valence-electron chi connectivity index (χ4n) is 3.37. The van der Waals surface area contributed by atoms with Gasteiger partial charge in [-0.2, -0.15) is 0 Å². The van der Waals surface area contributed by atoms with Crippen molar-refractivity contribution in [1.29, 1.82) is 0 Å². The molecule has 0 spiro atoms. The number of nitrogens with zero attached hydrogens (tertiary/aromatic N) is 2. The van der Waals surface area contributed by atoms with E-state index in [4.69, 9.17) is 0 Å². The van der Waals surface area contributed by atoms with Gasteiger partial charge in [0.15, 0.2) is 0 Å². The molecule has 2 aliphatic heterocycles. The van der Waals surface area contributed by atoms with Crippen LogP contribution in [0.1, 0.15) is 26.7 Å². The zero-order valence-corrected chi connectivity index (χ0v) is 12.8. The molecule has 2 heterocycles. The molecule has 110 valence electrons. The highest BCUT2D eigenvalue weighted by atomic mass is 35.5. The van der Waals surface area contributed by atoms with E-state index in [1.807, 2.05) is 0 Å². The molecule has 2 unspecified atom stereocenters. The third-order valence-electron chi connectivity index (χ3n) is 4.99. The molecule has 5 heteroatoms. The van der Waals surface area contributed by atoms with Crippen LogP contribution in [0.4, 0.5) is 0 Å². The minimum Gasteiger partial charge on any atom is -0.340 e. The van der Waals surface area contributed by atoms with E-state index < -0.39 is 0 Å². The van der Waals surface area contributed by atoms with Gasteiger partial charge >= 0.3 is 0 Å². The normalized spacial score (nSPS) is 33.9. The van der Waals surface area contributed by atoms with E-state index in [0.717, 1.165) is 45.7 Å². The summed E-state index contributed by atoms with van der Waals surface area (Å²) in [4.78, 5) is 17.0. The van der Waals surface area contributed by atoms with Crippen LogP contribution in [-0.4, -0.2) is 61.0 Å². The Morgan fingerprint density at radius 2 is 1.84 bits per heavy atom. The fourth-order valence-corrected chi connectivity index (χ4v) is 3.37. The molecule has 1 amide bonds. The van der Waals surface area contributed by atoms with E-state index in [0.29, 0.717) is 17.9 Å². The second-order valence-corrected chi connectivity index (χ2v) is 6.75. The van der Waals surface area contributed by atoms with E-state index >= 15 is 0 Å². The zero-order valence-electron chi connectivity index (χ0n) is 12.0. The molecular formula is C14H26ClN3O. The highest BCUT2D eigenvalue weighted by Crippen LogP contribution is 2.52. The molecule has 19 heavy (non-hydrogen) atoms. The van der Waals surface area contributed by atoms with Crippen molar-refractivity contribution in [2.75, 3.05) is 39.3 Å². The van der Waals surface area contributed by atoms with Crippen molar-refractivity contribution >= 4 is 18.3 Å². The van der Waals surface area contributed by atoms with Crippen molar-refractivity contribution in [3.8, 4) is 0 Å². The molecule has 2 saturated heterocycles. The average molecular weight is 288 g/mol. The van der Waals surface area contributed by atoms with Crippen LogP contribution in [-0.2, 0) is 4.79 Å². The number of nitrogens with one attached hydrogen (secondary N) is 1. The first kappa shape index (κ1) is 15.1. The van der Waals surface area contributed by atoms with Gasteiger partial charge in [-0.25, -0.2) is 0 Å². The van der Waals surface area contributed by atoms with Crippen LogP contribution in [0, 0.1) is 11.3 Å². The molecule has 1 aliphatic carbocycles. The Labute approximate surface area is 122 Å². The van der Waals surface area contributed by atoms with E-state index in [2.05, 4.69) is 29.0 Å². The van der Waals surface area contributed by atoms with Gasteiger partial charge in [-0.1, -0.05) is 13.8 Å². The molecule has 4 nitrogen and oxygen atoms in total. The molecule has 0 aromatic carbocycles. The molecule has 0 aromatic rings. The summed E-state index contributed by atoms with van der Waals surface area (Å²) in [7, 11) is 0. The van der Waals surface area contributed by atoms with E-state index in [-0.39, 0.29) is 17.8 Å². The van der Waals surface area contributed by atoms with Gasteiger partial charge in [0.1, 0.15) is 0 Å². The summed E-state index contributed by atoms with van der Waals surface area (Å²) in [6.45, 7) is 10.7. The first-order valence-corrected chi connectivity index (χ1v) is 7.31. The predicted octanol–water partition coefficient (Wildman–Crippen LogP) is 0.960. The SMILES string of the molecule is CC1(C)CC1C(=O)N1CCN(C2CCNC2)CC1.Cl. The lowest BCUT2D eigenvalue weighted by atomic mass is 10.1. The summed E-state index contributed by atoms with van der Waals surface area (Å²) in [5.41, 5.74) is 0.267. The molecule has 3 fully saturated rings. The lowest BCUT2D eigenvalue weighted by molar-refractivity contribution is -0.135. The lowest BCUT2D eigenvalue weighted by Gasteiger charge is -2.38. The van der Waals surface area contributed by atoms with Crippen LogP contribution >= 0.6 is 12.4 Å². The van der Waals surface area contributed by atoms with Crippen LogP contribution in [0.2, 0.25) is 0 Å². The lowest BCUT2D eigenvalue weighted by Crippen LogP contribution is -2.53. The average Bonchev–Trinajstić information content (AvgIpc) is 2.82. The third-order valence-corrected chi connectivity index (χ3v) is 4.99. The van der Waals surface area contributed by atoms with Gasteiger partial charge in [0.25, 0.3) is 0 Å². The van der Waals surface area contributed by atoms with Crippen molar-refractivity contribution < 1.29 is 4.79 Å². The molecule has 2 atom stereocenters. The van der Waals surface area contributed by atoms with Crippen molar-refractivity contribution in [3.05, 3.63) is 0 Å². The van der Waals surface area contributed by atoms with Crippen LogP contribution in [0.15, 0.2) is 0 Å². The number of carbonyl (C=O) groups is 1. The van der Waals surface area contributed by atoms with Gasteiger partial charge in [0.2, 0.25) is 5.91 Å². The van der Waals surface area contributed by atoms with Gasteiger partial charge in [-0.3, -0.25) is 9.69 Å². The quantitative estimate of drug-likeness (QED) is 0.822. The Hall–Kier alpha value is -0.320. The summed E-state index contributed by atoms with van der Waals surface area (Å²) in [5.74, 6) is 0.710. The maximum Gasteiger partial charge on any atom is 0.226 e. The molecule has 3 aliphatic rings. The maximum absolute atomic E-state index is 12.3. The Bertz CT molecular complexity index is 334. The van der Waals surface area contributed by atoms with Gasteiger partial charge < -0.3 is 10.2 Å². The summed E-state index contributed by atoms with van der Waals surface area (Å²) in [6.07, 6.45) is 2.35. The van der Waals surface area contributed by atoms with Crippen LogP contribution in [0.25, 0.3) is 0 Å². The second kappa shape index (κ2) is 5.58. The summed E-state index contributed by atoms with van der Waals surface area (Å²) in [6, 6.07) is 0.708. The van der Waals surface area contributed by atoms with Crippen LogP contribution in [0.5, 0.6) is 0 Å². The Kier molecular flexibility index (Phi) is 4.43. The molecular weight excluding hydrogens is 262 g/mol. The molecule has 0 bridgehead atoms. The fraction of sp³-hybridized carbons (Fsp3) is 0.929. The summed E-state index contributed by atoms with van der Waals surface area (Å²) < 4.78 is 0. The third kappa shape index (κ3) is 3.06. The number of piperazine rings is 1. The molecule has 1 N–H and O–H groups in total. The van der Waals surface area contributed by atoms with E-state index in [1.165, 1.54) is 6.42 Å². The minimum atomic E-state index is 0. The number of hydrogen-bond donors (Lipinski definition) is 1. The maximum atomic E-state index is 12.3. The smallest absolute Gasteiger partial charge is 0.226 e. The topological polar surface area (TPSA) is 35.6 Å². The first-order chi connectivity index (χ1) is 8.58. The monoisotopic (exact) mass is 287 g/mol. The van der Waals surface area contributed by atoms with Crippen molar-refractivity contribution in [3.63, 3.8) is 0 Å².